The van der Waals surface area contributed by atoms with Crippen LogP contribution in [0.15, 0.2) is 0 Å². The fraction of sp³-hybridized carbons (Fsp3) is 0.750. The van der Waals surface area contributed by atoms with E-state index in [9.17, 15) is 4.79 Å². The minimum absolute atomic E-state index is 0.427. The summed E-state index contributed by atoms with van der Waals surface area (Å²) in [6.45, 7) is 0. The van der Waals surface area contributed by atoms with Crippen LogP contribution in [0, 0.1) is 0 Å². The van der Waals surface area contributed by atoms with E-state index in [1.807, 2.05) is 0 Å². The summed E-state index contributed by atoms with van der Waals surface area (Å²) in [5.74, 6) is 0. The Morgan fingerprint density at radius 1 is 1.21 bits per heavy atom. The molecular weight excluding hydrogens is 200 g/mol. The van der Waals surface area contributed by atoms with Crippen LogP contribution in [-0.2, 0) is 0 Å². The number of hydrogen-bond donors (Lipinski definition) is 4. The van der Waals surface area contributed by atoms with Gasteiger partial charge in [-0.15, -0.1) is 0 Å². The zero-order valence-electron chi connectivity index (χ0n) is 8.01. The first-order chi connectivity index (χ1) is 6.68. The Morgan fingerprint density at radius 2 is 1.86 bits per heavy atom. The molecule has 6 heteroatoms. The normalized spacial score (nSPS) is 17.1. The van der Waals surface area contributed by atoms with Crippen molar-refractivity contribution in [1.29, 1.82) is 0 Å². The number of hydrogen-bond acceptors (Lipinski definition) is 2. The smallest absolute Gasteiger partial charge is 0.330 e. The third kappa shape index (κ3) is 4.27. The molecule has 0 aromatic heterocycles. The van der Waals surface area contributed by atoms with Crippen molar-refractivity contribution in [1.82, 2.24) is 16.2 Å². The van der Waals surface area contributed by atoms with E-state index < -0.39 is 6.03 Å². The van der Waals surface area contributed by atoms with Crippen LogP contribution in [-0.4, -0.2) is 17.2 Å². The second-order valence-corrected chi connectivity index (χ2v) is 3.83. The minimum atomic E-state index is -0.641. The quantitative estimate of drug-likeness (QED) is 0.377. The van der Waals surface area contributed by atoms with Gasteiger partial charge in [0.05, 0.1) is 0 Å². The summed E-state index contributed by atoms with van der Waals surface area (Å²) in [6.07, 6.45) is 6.06. The molecule has 5 N–H and O–H groups in total. The fourth-order valence-corrected chi connectivity index (χ4v) is 1.80. The van der Waals surface area contributed by atoms with Gasteiger partial charge in [-0.05, 0) is 25.1 Å². The molecule has 2 amide bonds. The van der Waals surface area contributed by atoms with Gasteiger partial charge in [-0.3, -0.25) is 5.43 Å². The third-order valence-electron chi connectivity index (χ3n) is 2.24. The van der Waals surface area contributed by atoms with E-state index in [0.717, 1.165) is 12.8 Å². The molecule has 1 aliphatic rings. The number of thiocarbonyl (C=S) groups is 1. The average molecular weight is 216 g/mol. The maximum absolute atomic E-state index is 10.4. The van der Waals surface area contributed by atoms with Gasteiger partial charge in [0.25, 0.3) is 0 Å². The van der Waals surface area contributed by atoms with Gasteiger partial charge in [0.1, 0.15) is 0 Å². The number of amides is 2. The number of carbonyl (C=O) groups is 1. The predicted octanol–water partition coefficient (Wildman–Crippen LogP) is 0.366. The number of nitrogens with one attached hydrogen (secondary N) is 3. The molecule has 0 spiro atoms. The van der Waals surface area contributed by atoms with Crippen molar-refractivity contribution in [2.24, 2.45) is 5.73 Å². The van der Waals surface area contributed by atoms with E-state index in [1.54, 1.807) is 0 Å². The molecule has 0 aromatic carbocycles. The molecule has 0 heterocycles. The predicted molar refractivity (Wildman–Crippen MR) is 58.5 cm³/mol. The first kappa shape index (κ1) is 11.0. The van der Waals surface area contributed by atoms with Crippen LogP contribution >= 0.6 is 12.2 Å². The Balaban J connectivity index is 2.15. The molecule has 1 saturated carbocycles. The fourth-order valence-electron chi connectivity index (χ4n) is 1.59. The third-order valence-corrected chi connectivity index (χ3v) is 2.46. The van der Waals surface area contributed by atoms with Gasteiger partial charge in [0.2, 0.25) is 0 Å². The van der Waals surface area contributed by atoms with Gasteiger partial charge in [-0.25, -0.2) is 10.2 Å². The Bertz CT molecular complexity index is 215. The lowest BCUT2D eigenvalue weighted by Crippen LogP contribution is -2.51. The molecule has 0 bridgehead atoms. The summed E-state index contributed by atoms with van der Waals surface area (Å²) in [5.41, 5.74) is 9.62. The zero-order valence-corrected chi connectivity index (χ0v) is 8.82. The maximum atomic E-state index is 10.4. The monoisotopic (exact) mass is 216 g/mol. The highest BCUT2D eigenvalue weighted by molar-refractivity contribution is 7.80. The van der Waals surface area contributed by atoms with Crippen LogP contribution in [0.2, 0.25) is 0 Å². The molecular formula is C8H16N4OS. The summed E-state index contributed by atoms with van der Waals surface area (Å²) in [4.78, 5) is 10.4. The van der Waals surface area contributed by atoms with Crippen molar-refractivity contribution in [3.8, 4) is 0 Å². The van der Waals surface area contributed by atoms with Gasteiger partial charge in [-0.2, -0.15) is 0 Å². The summed E-state index contributed by atoms with van der Waals surface area (Å²) >= 11 is 4.96. The van der Waals surface area contributed by atoms with Gasteiger partial charge in [0, 0.05) is 6.04 Å². The summed E-state index contributed by atoms with van der Waals surface area (Å²) in [6, 6.07) is -0.212. The average Bonchev–Trinajstić information content (AvgIpc) is 2.16. The Labute approximate surface area is 88.8 Å². The van der Waals surface area contributed by atoms with Gasteiger partial charge >= 0.3 is 6.03 Å². The van der Waals surface area contributed by atoms with Crippen molar-refractivity contribution >= 4 is 23.4 Å². The number of hydrazine groups is 1. The van der Waals surface area contributed by atoms with E-state index in [2.05, 4.69) is 16.2 Å². The van der Waals surface area contributed by atoms with Crippen LogP contribution in [0.25, 0.3) is 0 Å². The molecule has 0 aliphatic heterocycles. The Kier molecular flexibility index (Phi) is 4.45. The molecule has 0 radical (unpaired) electrons. The number of primary amides is 1. The number of nitrogens with two attached hydrogens (primary N) is 1. The largest absolute Gasteiger partial charge is 0.359 e. The number of carbonyl (C=O) groups excluding carboxylic acids is 1. The van der Waals surface area contributed by atoms with Crippen molar-refractivity contribution in [2.45, 2.75) is 38.1 Å². The van der Waals surface area contributed by atoms with Crippen LogP contribution in [0.4, 0.5) is 4.79 Å². The van der Waals surface area contributed by atoms with Crippen molar-refractivity contribution < 1.29 is 4.79 Å². The molecule has 1 aliphatic carbocycles. The molecule has 5 nitrogen and oxygen atoms in total. The SMILES string of the molecule is NC(=O)NNC(=S)NC1CCCCC1. The van der Waals surface area contributed by atoms with Crippen molar-refractivity contribution in [3.05, 3.63) is 0 Å². The van der Waals surface area contributed by atoms with Crippen molar-refractivity contribution in [2.75, 3.05) is 0 Å². The first-order valence-electron chi connectivity index (χ1n) is 4.80. The second kappa shape index (κ2) is 5.64. The molecule has 0 unspecified atom stereocenters. The molecule has 0 aromatic rings. The van der Waals surface area contributed by atoms with Crippen LogP contribution in [0.3, 0.4) is 0 Å². The van der Waals surface area contributed by atoms with Gasteiger partial charge < -0.3 is 11.1 Å². The molecule has 0 saturated heterocycles. The van der Waals surface area contributed by atoms with Crippen LogP contribution < -0.4 is 21.9 Å². The number of rotatable bonds is 1. The minimum Gasteiger partial charge on any atom is -0.359 e. The highest BCUT2D eigenvalue weighted by Gasteiger charge is 2.13. The summed E-state index contributed by atoms with van der Waals surface area (Å²) < 4.78 is 0. The number of urea groups is 1. The zero-order chi connectivity index (χ0) is 10.4. The van der Waals surface area contributed by atoms with E-state index in [-0.39, 0.29) is 0 Å². The van der Waals surface area contributed by atoms with Gasteiger partial charge in [0.15, 0.2) is 5.11 Å². The van der Waals surface area contributed by atoms with E-state index >= 15 is 0 Å². The second-order valence-electron chi connectivity index (χ2n) is 3.42. The molecule has 14 heavy (non-hydrogen) atoms. The first-order valence-corrected chi connectivity index (χ1v) is 5.21. The maximum Gasteiger partial charge on any atom is 0.330 e. The Morgan fingerprint density at radius 3 is 2.43 bits per heavy atom. The highest BCUT2D eigenvalue weighted by Crippen LogP contribution is 2.16. The van der Waals surface area contributed by atoms with Gasteiger partial charge in [-0.1, -0.05) is 19.3 Å². The summed E-state index contributed by atoms with van der Waals surface area (Å²) in [7, 11) is 0. The topological polar surface area (TPSA) is 79.2 Å². The molecule has 0 atom stereocenters. The van der Waals surface area contributed by atoms with E-state index in [1.165, 1.54) is 19.3 Å². The lowest BCUT2D eigenvalue weighted by molar-refractivity contribution is 0.247. The summed E-state index contributed by atoms with van der Waals surface area (Å²) in [5, 5.41) is 3.55. The van der Waals surface area contributed by atoms with E-state index in [4.69, 9.17) is 18.0 Å². The highest BCUT2D eigenvalue weighted by atomic mass is 32.1. The van der Waals surface area contributed by atoms with E-state index in [0.29, 0.717) is 11.2 Å². The Hall–Kier alpha value is -1.04. The van der Waals surface area contributed by atoms with Crippen molar-refractivity contribution in [3.63, 3.8) is 0 Å². The lowest BCUT2D eigenvalue weighted by atomic mass is 9.96. The lowest BCUT2D eigenvalue weighted by Gasteiger charge is -2.24. The molecule has 1 fully saturated rings. The van der Waals surface area contributed by atoms with Crippen LogP contribution in [0.5, 0.6) is 0 Å². The molecule has 80 valence electrons. The standard InChI is InChI=1S/C8H16N4OS/c9-7(13)11-12-8(14)10-6-4-2-1-3-5-6/h6H,1-5H2,(H3,9,11,13)(H2,10,12,14). The molecule has 1 rings (SSSR count). The van der Waals surface area contributed by atoms with Crippen LogP contribution in [0.1, 0.15) is 32.1 Å².